The molecular weight excluding hydrogens is 427 g/mol. The van der Waals surface area contributed by atoms with Crippen LogP contribution in [-0.2, 0) is 4.79 Å². The minimum absolute atomic E-state index is 0.000663. The standard InChI is InChI=1S/C22H17FN8O2/c23-16-8-26-21(30-12-24-11-28-30)19-18(16)15(7-25-19)20(32)22(33)29-9-13-6-27-31(17(13)10-29)14-4-2-1-3-5-14/h1-8,11-13,17,25H,9-10H2. The number of H-pyrrole nitrogens is 1. The molecule has 33 heavy (non-hydrogen) atoms. The van der Waals surface area contributed by atoms with E-state index in [1.165, 1.54) is 28.4 Å². The Morgan fingerprint density at radius 3 is 2.79 bits per heavy atom. The number of aromatic nitrogens is 5. The van der Waals surface area contributed by atoms with Crippen LogP contribution in [0.5, 0.6) is 0 Å². The smallest absolute Gasteiger partial charge is 0.295 e. The molecule has 1 N–H and O–H groups in total. The Morgan fingerprint density at radius 1 is 1.15 bits per heavy atom. The van der Waals surface area contributed by atoms with Crippen LogP contribution in [0, 0.1) is 11.7 Å². The zero-order chi connectivity index (χ0) is 22.5. The number of pyridine rings is 1. The molecule has 10 nitrogen and oxygen atoms in total. The lowest BCUT2D eigenvalue weighted by Crippen LogP contribution is -2.38. The average Bonchev–Trinajstić information content (AvgIpc) is 3.63. The molecule has 0 saturated carbocycles. The molecule has 2 aliphatic rings. The van der Waals surface area contributed by atoms with Crippen molar-refractivity contribution >= 4 is 34.5 Å². The fourth-order valence-corrected chi connectivity index (χ4v) is 4.49. The van der Waals surface area contributed by atoms with Gasteiger partial charge >= 0.3 is 0 Å². The number of hydrogen-bond donors (Lipinski definition) is 1. The fourth-order valence-electron chi connectivity index (χ4n) is 4.49. The van der Waals surface area contributed by atoms with Gasteiger partial charge in [-0.3, -0.25) is 14.6 Å². The second kappa shape index (κ2) is 7.33. The van der Waals surface area contributed by atoms with E-state index in [9.17, 15) is 14.0 Å². The highest BCUT2D eigenvalue weighted by Gasteiger charge is 2.43. The summed E-state index contributed by atoms with van der Waals surface area (Å²) in [5, 5.41) is 10.4. The van der Waals surface area contributed by atoms with Crippen molar-refractivity contribution in [2.45, 2.75) is 6.04 Å². The van der Waals surface area contributed by atoms with Crippen LogP contribution >= 0.6 is 0 Å². The van der Waals surface area contributed by atoms with Crippen LogP contribution in [-0.4, -0.2) is 66.7 Å². The Kier molecular flexibility index (Phi) is 4.28. The van der Waals surface area contributed by atoms with Crippen LogP contribution in [0.25, 0.3) is 16.7 Å². The Morgan fingerprint density at radius 2 is 2.00 bits per heavy atom. The number of benzene rings is 1. The summed E-state index contributed by atoms with van der Waals surface area (Å²) < 4.78 is 16.1. The SMILES string of the molecule is O=C(C(=O)N1CC2C=NN(c3ccccc3)C2C1)c1c[nH]c2c(-n3cncn3)ncc(F)c12. The third-order valence-electron chi connectivity index (χ3n) is 6.05. The van der Waals surface area contributed by atoms with Gasteiger partial charge in [0.1, 0.15) is 12.7 Å². The highest BCUT2D eigenvalue weighted by atomic mass is 19.1. The van der Waals surface area contributed by atoms with Crippen molar-refractivity contribution in [1.29, 1.82) is 0 Å². The first-order valence-electron chi connectivity index (χ1n) is 10.3. The number of likely N-dealkylation sites (tertiary alicyclic amines) is 1. The molecule has 1 fully saturated rings. The predicted molar refractivity (Wildman–Crippen MR) is 117 cm³/mol. The van der Waals surface area contributed by atoms with Gasteiger partial charge in [-0.1, -0.05) is 18.2 Å². The molecule has 164 valence electrons. The van der Waals surface area contributed by atoms with Crippen molar-refractivity contribution in [1.82, 2.24) is 29.6 Å². The zero-order valence-corrected chi connectivity index (χ0v) is 17.2. The molecule has 11 heteroatoms. The summed E-state index contributed by atoms with van der Waals surface area (Å²) in [5.74, 6) is -1.86. The molecule has 6 rings (SSSR count). The summed E-state index contributed by atoms with van der Waals surface area (Å²) in [7, 11) is 0. The van der Waals surface area contributed by atoms with Gasteiger partial charge in [0.15, 0.2) is 11.6 Å². The third kappa shape index (κ3) is 3.00. The number of nitrogens with one attached hydrogen (secondary N) is 1. The van der Waals surface area contributed by atoms with E-state index in [1.807, 2.05) is 41.6 Å². The molecule has 2 unspecified atom stereocenters. The summed E-state index contributed by atoms with van der Waals surface area (Å²) in [6.07, 6.45) is 6.89. The van der Waals surface area contributed by atoms with Gasteiger partial charge in [0.05, 0.1) is 34.4 Å². The Labute approximate surface area is 186 Å². The summed E-state index contributed by atoms with van der Waals surface area (Å²) >= 11 is 0. The van der Waals surface area contributed by atoms with Gasteiger partial charge < -0.3 is 9.88 Å². The summed E-state index contributed by atoms with van der Waals surface area (Å²) in [6, 6.07) is 9.62. The van der Waals surface area contributed by atoms with Crippen molar-refractivity contribution in [2.75, 3.05) is 18.1 Å². The lowest BCUT2D eigenvalue weighted by Gasteiger charge is -2.23. The van der Waals surface area contributed by atoms with E-state index < -0.39 is 17.5 Å². The van der Waals surface area contributed by atoms with Crippen LogP contribution in [0.4, 0.5) is 10.1 Å². The molecule has 5 heterocycles. The molecule has 2 atom stereocenters. The minimum atomic E-state index is -0.779. The van der Waals surface area contributed by atoms with Crippen LogP contribution in [0.2, 0.25) is 0 Å². The number of carbonyl (C=O) groups is 2. The van der Waals surface area contributed by atoms with E-state index in [2.05, 4.69) is 25.2 Å². The maximum absolute atomic E-state index is 14.7. The Bertz CT molecular complexity index is 1400. The van der Waals surface area contributed by atoms with E-state index in [1.54, 1.807) is 0 Å². The minimum Gasteiger partial charge on any atom is -0.357 e. The van der Waals surface area contributed by atoms with Crippen LogP contribution in [0.15, 0.2) is 60.5 Å². The summed E-state index contributed by atoms with van der Waals surface area (Å²) in [5.41, 5.74) is 1.15. The van der Waals surface area contributed by atoms with Crippen LogP contribution < -0.4 is 5.01 Å². The van der Waals surface area contributed by atoms with Crippen LogP contribution in [0.3, 0.4) is 0 Å². The normalized spacial score (nSPS) is 19.4. The maximum Gasteiger partial charge on any atom is 0.295 e. The molecule has 1 saturated heterocycles. The van der Waals surface area contributed by atoms with E-state index in [0.717, 1.165) is 11.9 Å². The van der Waals surface area contributed by atoms with Gasteiger partial charge in [0.25, 0.3) is 11.7 Å². The number of anilines is 1. The first kappa shape index (κ1) is 19.3. The van der Waals surface area contributed by atoms with Crippen molar-refractivity contribution < 1.29 is 14.0 Å². The van der Waals surface area contributed by atoms with Crippen molar-refractivity contribution in [3.63, 3.8) is 0 Å². The number of nitrogens with zero attached hydrogens (tertiary/aromatic N) is 7. The van der Waals surface area contributed by atoms with Crippen molar-refractivity contribution in [3.05, 3.63) is 66.8 Å². The van der Waals surface area contributed by atoms with Crippen molar-refractivity contribution in [3.8, 4) is 5.82 Å². The Balaban J connectivity index is 1.28. The number of aromatic amines is 1. The van der Waals surface area contributed by atoms with Crippen LogP contribution in [0.1, 0.15) is 10.4 Å². The number of hydrazone groups is 1. The molecule has 3 aromatic heterocycles. The fraction of sp³-hybridized carbons (Fsp3) is 0.182. The Hall–Kier alpha value is -4.41. The number of hydrogen-bond acceptors (Lipinski definition) is 7. The third-order valence-corrected chi connectivity index (χ3v) is 6.05. The van der Waals surface area contributed by atoms with E-state index in [0.29, 0.717) is 13.1 Å². The molecule has 0 aliphatic carbocycles. The zero-order valence-electron chi connectivity index (χ0n) is 17.2. The molecular formula is C22H17FN8O2. The monoisotopic (exact) mass is 444 g/mol. The molecule has 0 spiro atoms. The number of fused-ring (bicyclic) bond motifs is 2. The second-order valence-corrected chi connectivity index (χ2v) is 7.94. The highest BCUT2D eigenvalue weighted by Crippen LogP contribution is 2.32. The lowest BCUT2D eigenvalue weighted by molar-refractivity contribution is -0.125. The molecule has 4 aromatic rings. The van der Waals surface area contributed by atoms with E-state index in [-0.39, 0.29) is 34.2 Å². The van der Waals surface area contributed by atoms with Crippen molar-refractivity contribution in [2.24, 2.45) is 11.0 Å². The number of Topliss-reactive ketones (excluding diaryl/α,β-unsaturated/α-hetero) is 1. The summed E-state index contributed by atoms with van der Waals surface area (Å²) in [6.45, 7) is 0.722. The molecule has 2 aliphatic heterocycles. The lowest BCUT2D eigenvalue weighted by atomic mass is 10.1. The maximum atomic E-state index is 14.7. The molecule has 1 aromatic carbocycles. The topological polar surface area (TPSA) is 112 Å². The van der Waals surface area contributed by atoms with E-state index >= 15 is 0 Å². The molecule has 1 amide bonds. The number of amides is 1. The first-order chi connectivity index (χ1) is 16.1. The van der Waals surface area contributed by atoms with E-state index in [4.69, 9.17) is 0 Å². The van der Waals surface area contributed by atoms with Gasteiger partial charge in [-0.15, -0.1) is 0 Å². The quantitative estimate of drug-likeness (QED) is 0.379. The second-order valence-electron chi connectivity index (χ2n) is 7.94. The van der Waals surface area contributed by atoms with Gasteiger partial charge in [-0.05, 0) is 12.1 Å². The van der Waals surface area contributed by atoms with Gasteiger partial charge in [0.2, 0.25) is 0 Å². The number of ketones is 1. The number of para-hydroxylation sites is 1. The van der Waals surface area contributed by atoms with Gasteiger partial charge in [0, 0.05) is 31.4 Å². The van der Waals surface area contributed by atoms with Gasteiger partial charge in [-0.2, -0.15) is 10.2 Å². The predicted octanol–water partition coefficient (Wildman–Crippen LogP) is 1.80. The molecule has 0 bridgehead atoms. The highest BCUT2D eigenvalue weighted by molar-refractivity contribution is 6.45. The average molecular weight is 444 g/mol. The molecule has 0 radical (unpaired) electrons. The number of halogens is 1. The number of rotatable bonds is 4. The summed E-state index contributed by atoms with van der Waals surface area (Å²) in [4.78, 5) is 38.6. The van der Waals surface area contributed by atoms with Gasteiger partial charge in [-0.25, -0.2) is 19.0 Å². The number of carbonyl (C=O) groups excluding carboxylic acids is 2. The first-order valence-corrected chi connectivity index (χ1v) is 10.3. The largest absolute Gasteiger partial charge is 0.357 e.